The van der Waals surface area contributed by atoms with Gasteiger partial charge in [0.2, 0.25) is 5.91 Å². The number of hydrogen-bond donors (Lipinski definition) is 0. The van der Waals surface area contributed by atoms with Gasteiger partial charge in [-0.1, -0.05) is 55.5 Å². The second kappa shape index (κ2) is 9.10. The van der Waals surface area contributed by atoms with E-state index in [2.05, 4.69) is 42.7 Å². The zero-order chi connectivity index (χ0) is 22.8. The first-order chi connectivity index (χ1) is 16.2. The first-order valence-corrected chi connectivity index (χ1v) is 11.7. The minimum Gasteiger partial charge on any atom is -0.491 e. The lowest BCUT2D eigenvalue weighted by Gasteiger charge is -2.20. The van der Waals surface area contributed by atoms with Crippen LogP contribution in [-0.4, -0.2) is 28.6 Å². The van der Waals surface area contributed by atoms with E-state index in [0.717, 1.165) is 40.3 Å². The van der Waals surface area contributed by atoms with Crippen LogP contribution in [0.5, 0.6) is 5.75 Å². The number of imidazole rings is 1. The van der Waals surface area contributed by atoms with E-state index in [1.54, 1.807) is 0 Å². The minimum atomic E-state index is 0.0493. The Hall–Kier alpha value is -3.60. The van der Waals surface area contributed by atoms with Gasteiger partial charge in [0.05, 0.1) is 17.6 Å². The fourth-order valence-electron chi connectivity index (χ4n) is 4.79. The first kappa shape index (κ1) is 21.3. The second-order valence-corrected chi connectivity index (χ2v) is 8.61. The minimum absolute atomic E-state index is 0.0493. The standard InChI is InChI=1S/C28H29N3O2/c1-3-21-11-5-7-13-24(21)31-19-22(18-27(31)32)28-29-23-12-6-8-14-25(23)30(28)16-17-33-26-15-9-4-10-20(26)2/h4-15,22H,3,16-19H2,1-2H3. The van der Waals surface area contributed by atoms with Gasteiger partial charge < -0.3 is 14.2 Å². The molecule has 0 spiro atoms. The molecular formula is C28H29N3O2. The van der Waals surface area contributed by atoms with E-state index in [0.29, 0.717) is 26.1 Å². The highest BCUT2D eigenvalue weighted by Crippen LogP contribution is 2.34. The highest BCUT2D eigenvalue weighted by molar-refractivity contribution is 5.97. The molecule has 5 rings (SSSR count). The Kier molecular flexibility index (Phi) is 5.86. The summed E-state index contributed by atoms with van der Waals surface area (Å²) >= 11 is 0. The third-order valence-corrected chi connectivity index (χ3v) is 6.50. The van der Waals surface area contributed by atoms with Crippen LogP contribution in [0.1, 0.15) is 36.2 Å². The van der Waals surface area contributed by atoms with Crippen LogP contribution in [-0.2, 0) is 17.8 Å². The molecule has 3 aromatic carbocycles. The lowest BCUT2D eigenvalue weighted by Crippen LogP contribution is -2.25. The number of para-hydroxylation sites is 4. The Morgan fingerprint density at radius 1 is 1.00 bits per heavy atom. The maximum atomic E-state index is 13.1. The molecule has 1 saturated heterocycles. The van der Waals surface area contributed by atoms with Gasteiger partial charge in [0.1, 0.15) is 18.2 Å². The summed E-state index contributed by atoms with van der Waals surface area (Å²) in [4.78, 5) is 20.0. The number of nitrogens with zero attached hydrogens (tertiary/aromatic N) is 3. The summed E-state index contributed by atoms with van der Waals surface area (Å²) in [6.45, 7) is 6.06. The number of aromatic nitrogens is 2. The Bertz CT molecular complexity index is 1290. The number of hydrogen-bond acceptors (Lipinski definition) is 3. The van der Waals surface area contributed by atoms with Gasteiger partial charge in [-0.2, -0.15) is 0 Å². The Labute approximate surface area is 194 Å². The Morgan fingerprint density at radius 3 is 2.61 bits per heavy atom. The molecule has 168 valence electrons. The highest BCUT2D eigenvalue weighted by atomic mass is 16.5. The molecule has 0 saturated carbocycles. The van der Waals surface area contributed by atoms with Crippen molar-refractivity contribution in [1.29, 1.82) is 0 Å². The summed E-state index contributed by atoms with van der Waals surface area (Å²) in [5, 5.41) is 0. The predicted octanol–water partition coefficient (Wildman–Crippen LogP) is 5.51. The van der Waals surface area contributed by atoms with Crippen LogP contribution in [0, 0.1) is 6.92 Å². The smallest absolute Gasteiger partial charge is 0.227 e. The zero-order valence-electron chi connectivity index (χ0n) is 19.2. The van der Waals surface area contributed by atoms with Crippen molar-refractivity contribution >= 4 is 22.6 Å². The van der Waals surface area contributed by atoms with Gasteiger partial charge in [-0.3, -0.25) is 4.79 Å². The van der Waals surface area contributed by atoms with E-state index < -0.39 is 0 Å². The topological polar surface area (TPSA) is 47.4 Å². The molecule has 1 aromatic heterocycles. The average molecular weight is 440 g/mol. The molecule has 5 nitrogen and oxygen atoms in total. The van der Waals surface area contributed by atoms with Crippen molar-refractivity contribution in [3.63, 3.8) is 0 Å². The molecule has 1 fully saturated rings. The fraction of sp³-hybridized carbons (Fsp3) is 0.286. The average Bonchev–Trinajstić information content (AvgIpc) is 3.41. The Balaban J connectivity index is 1.42. The summed E-state index contributed by atoms with van der Waals surface area (Å²) in [6.07, 6.45) is 1.37. The summed E-state index contributed by atoms with van der Waals surface area (Å²) in [6, 6.07) is 24.5. The van der Waals surface area contributed by atoms with Crippen molar-refractivity contribution in [1.82, 2.24) is 9.55 Å². The van der Waals surface area contributed by atoms with Gasteiger partial charge in [-0.25, -0.2) is 4.98 Å². The number of benzene rings is 3. The molecule has 1 unspecified atom stereocenters. The van der Waals surface area contributed by atoms with Crippen LogP contribution < -0.4 is 9.64 Å². The van der Waals surface area contributed by atoms with E-state index >= 15 is 0 Å². The maximum absolute atomic E-state index is 13.1. The van der Waals surface area contributed by atoms with E-state index in [4.69, 9.17) is 9.72 Å². The lowest BCUT2D eigenvalue weighted by molar-refractivity contribution is -0.117. The van der Waals surface area contributed by atoms with E-state index in [1.807, 2.05) is 53.4 Å². The van der Waals surface area contributed by atoms with Crippen LogP contribution in [0.2, 0.25) is 0 Å². The quantitative estimate of drug-likeness (QED) is 0.382. The van der Waals surface area contributed by atoms with E-state index in [-0.39, 0.29) is 11.8 Å². The molecule has 1 aliphatic heterocycles. The van der Waals surface area contributed by atoms with Gasteiger partial charge in [-0.15, -0.1) is 0 Å². The van der Waals surface area contributed by atoms with Crippen LogP contribution >= 0.6 is 0 Å². The van der Waals surface area contributed by atoms with Crippen molar-refractivity contribution in [3.05, 3.63) is 89.7 Å². The van der Waals surface area contributed by atoms with Crippen molar-refractivity contribution in [2.75, 3.05) is 18.1 Å². The van der Waals surface area contributed by atoms with Crippen molar-refractivity contribution in [2.24, 2.45) is 0 Å². The molecule has 33 heavy (non-hydrogen) atoms. The van der Waals surface area contributed by atoms with Gasteiger partial charge in [0, 0.05) is 24.6 Å². The van der Waals surface area contributed by atoms with Crippen LogP contribution in [0.3, 0.4) is 0 Å². The molecule has 2 heterocycles. The van der Waals surface area contributed by atoms with Crippen molar-refractivity contribution in [3.8, 4) is 5.75 Å². The van der Waals surface area contributed by atoms with E-state index in [9.17, 15) is 4.79 Å². The fourth-order valence-corrected chi connectivity index (χ4v) is 4.79. The van der Waals surface area contributed by atoms with Gasteiger partial charge >= 0.3 is 0 Å². The SMILES string of the molecule is CCc1ccccc1N1CC(c2nc3ccccc3n2CCOc2ccccc2C)CC1=O. The Morgan fingerprint density at radius 2 is 1.76 bits per heavy atom. The molecule has 0 radical (unpaired) electrons. The summed E-state index contributed by atoms with van der Waals surface area (Å²) in [5.41, 5.74) is 5.40. The first-order valence-electron chi connectivity index (χ1n) is 11.7. The summed E-state index contributed by atoms with van der Waals surface area (Å²) in [7, 11) is 0. The monoisotopic (exact) mass is 439 g/mol. The summed E-state index contributed by atoms with van der Waals surface area (Å²) < 4.78 is 8.33. The second-order valence-electron chi connectivity index (χ2n) is 8.61. The lowest BCUT2D eigenvalue weighted by atomic mass is 10.1. The number of aryl methyl sites for hydroxylation is 2. The number of ether oxygens (including phenoxy) is 1. The molecule has 1 aliphatic rings. The number of carbonyl (C=O) groups is 1. The number of fused-ring (bicyclic) bond motifs is 1. The van der Waals surface area contributed by atoms with Crippen LogP contribution in [0.15, 0.2) is 72.8 Å². The molecule has 1 atom stereocenters. The molecule has 0 N–H and O–H groups in total. The predicted molar refractivity (Wildman–Crippen MR) is 132 cm³/mol. The number of amides is 1. The van der Waals surface area contributed by atoms with Gasteiger partial charge in [0.25, 0.3) is 0 Å². The normalized spacial score (nSPS) is 16.0. The third-order valence-electron chi connectivity index (χ3n) is 6.50. The van der Waals surface area contributed by atoms with Crippen molar-refractivity contribution in [2.45, 2.75) is 39.2 Å². The molecule has 0 bridgehead atoms. The highest BCUT2D eigenvalue weighted by Gasteiger charge is 2.35. The number of carbonyl (C=O) groups excluding carboxylic acids is 1. The summed E-state index contributed by atoms with van der Waals surface area (Å²) in [5.74, 6) is 2.08. The van der Waals surface area contributed by atoms with E-state index in [1.165, 1.54) is 5.56 Å². The molecule has 4 aromatic rings. The molecule has 1 amide bonds. The molecular weight excluding hydrogens is 410 g/mol. The van der Waals surface area contributed by atoms with Gasteiger partial charge in [-0.05, 0) is 48.7 Å². The molecule has 5 heteroatoms. The molecule has 0 aliphatic carbocycles. The van der Waals surface area contributed by atoms with Crippen LogP contribution in [0.4, 0.5) is 5.69 Å². The third kappa shape index (κ3) is 4.11. The van der Waals surface area contributed by atoms with Crippen LogP contribution in [0.25, 0.3) is 11.0 Å². The largest absolute Gasteiger partial charge is 0.491 e. The maximum Gasteiger partial charge on any atom is 0.227 e. The van der Waals surface area contributed by atoms with Crippen molar-refractivity contribution < 1.29 is 9.53 Å². The van der Waals surface area contributed by atoms with Gasteiger partial charge in [0.15, 0.2) is 0 Å². The number of anilines is 1. The zero-order valence-corrected chi connectivity index (χ0v) is 19.2. The number of rotatable bonds is 7.